The van der Waals surface area contributed by atoms with E-state index in [1.807, 2.05) is 12.3 Å². The lowest BCUT2D eigenvalue weighted by atomic mass is 10.2. The minimum Gasteiger partial charge on any atom is -0.456 e. The summed E-state index contributed by atoms with van der Waals surface area (Å²) in [6.07, 6.45) is 1.73. The normalized spacial score (nSPS) is 10.8. The molecule has 0 spiro atoms. The average Bonchev–Trinajstić information content (AvgIpc) is 3.36. The SMILES string of the molecule is Cc1cn2c(=O)cc(COC(=O)c3ccc(NC(=O)c4cccs4)cc3)nc2s1. The summed E-state index contributed by atoms with van der Waals surface area (Å²) in [5.41, 5.74) is 1.10. The number of thiazole rings is 1. The maximum atomic E-state index is 12.3. The summed E-state index contributed by atoms with van der Waals surface area (Å²) in [5, 5.41) is 4.60. The highest BCUT2D eigenvalue weighted by Gasteiger charge is 2.12. The first-order valence-corrected chi connectivity index (χ1v) is 10.3. The number of anilines is 1. The fourth-order valence-corrected chi connectivity index (χ4v) is 4.11. The van der Waals surface area contributed by atoms with Gasteiger partial charge in [-0.2, -0.15) is 0 Å². The van der Waals surface area contributed by atoms with Crippen molar-refractivity contribution in [3.05, 3.63) is 85.4 Å². The minimum atomic E-state index is -0.537. The quantitative estimate of drug-likeness (QED) is 0.492. The lowest BCUT2D eigenvalue weighted by molar-refractivity contribution is 0.0467. The van der Waals surface area contributed by atoms with E-state index in [9.17, 15) is 14.4 Å². The number of amides is 1. The molecule has 7 nitrogen and oxygen atoms in total. The van der Waals surface area contributed by atoms with Gasteiger partial charge in [0, 0.05) is 22.8 Å². The number of aryl methyl sites for hydroxylation is 1. The van der Waals surface area contributed by atoms with Crippen molar-refractivity contribution < 1.29 is 14.3 Å². The molecule has 9 heteroatoms. The van der Waals surface area contributed by atoms with E-state index in [2.05, 4.69) is 10.3 Å². The Hall–Kier alpha value is -3.30. The zero-order valence-electron chi connectivity index (χ0n) is 15.2. The number of hydrogen-bond donors (Lipinski definition) is 1. The molecule has 0 unspecified atom stereocenters. The van der Waals surface area contributed by atoms with E-state index >= 15 is 0 Å². The number of carbonyl (C=O) groups is 2. The Kier molecular flexibility index (Phi) is 5.24. The van der Waals surface area contributed by atoms with Crippen molar-refractivity contribution in [2.24, 2.45) is 0 Å². The van der Waals surface area contributed by atoms with E-state index in [0.717, 1.165) is 4.88 Å². The molecule has 1 aromatic carbocycles. The number of benzene rings is 1. The van der Waals surface area contributed by atoms with Gasteiger partial charge in [0.15, 0.2) is 4.96 Å². The van der Waals surface area contributed by atoms with Gasteiger partial charge in [-0.15, -0.1) is 22.7 Å². The highest BCUT2D eigenvalue weighted by atomic mass is 32.1. The van der Waals surface area contributed by atoms with Crippen LogP contribution < -0.4 is 10.9 Å². The van der Waals surface area contributed by atoms with Crippen molar-refractivity contribution in [2.45, 2.75) is 13.5 Å². The Balaban J connectivity index is 1.40. The summed E-state index contributed by atoms with van der Waals surface area (Å²) >= 11 is 2.74. The number of nitrogens with one attached hydrogen (secondary N) is 1. The Morgan fingerprint density at radius 3 is 2.72 bits per heavy atom. The van der Waals surface area contributed by atoms with Gasteiger partial charge in [0.2, 0.25) is 0 Å². The molecule has 3 aromatic heterocycles. The number of aromatic nitrogens is 2. The predicted octanol–water partition coefficient (Wildman–Crippen LogP) is 3.74. The number of ether oxygens (including phenoxy) is 1. The molecule has 4 aromatic rings. The molecular formula is C20H15N3O4S2. The number of carbonyl (C=O) groups excluding carboxylic acids is 2. The molecule has 3 heterocycles. The summed E-state index contributed by atoms with van der Waals surface area (Å²) in [6.45, 7) is 1.80. The number of nitrogens with zero attached hydrogens (tertiary/aromatic N) is 2. The van der Waals surface area contributed by atoms with Crippen LogP contribution in [0, 0.1) is 6.92 Å². The Labute approximate surface area is 173 Å². The van der Waals surface area contributed by atoms with Crippen LogP contribution in [-0.4, -0.2) is 21.3 Å². The maximum Gasteiger partial charge on any atom is 0.338 e. The number of esters is 1. The van der Waals surface area contributed by atoms with Crippen LogP contribution in [0.25, 0.3) is 4.96 Å². The van der Waals surface area contributed by atoms with Gasteiger partial charge in [-0.25, -0.2) is 9.78 Å². The molecule has 0 aliphatic rings. The molecule has 0 aliphatic heterocycles. The van der Waals surface area contributed by atoms with E-state index < -0.39 is 5.97 Å². The molecule has 0 radical (unpaired) electrons. The molecule has 1 amide bonds. The first-order valence-electron chi connectivity index (χ1n) is 8.60. The number of fused-ring (bicyclic) bond motifs is 1. The largest absolute Gasteiger partial charge is 0.456 e. The van der Waals surface area contributed by atoms with Crippen LogP contribution in [0.15, 0.2) is 58.8 Å². The van der Waals surface area contributed by atoms with Gasteiger partial charge in [0.1, 0.15) is 6.61 Å². The van der Waals surface area contributed by atoms with Crippen molar-refractivity contribution in [3.63, 3.8) is 0 Å². The minimum absolute atomic E-state index is 0.0988. The summed E-state index contributed by atoms with van der Waals surface area (Å²) in [4.78, 5) is 42.9. The van der Waals surface area contributed by atoms with Crippen LogP contribution in [0.5, 0.6) is 0 Å². The zero-order valence-corrected chi connectivity index (χ0v) is 16.9. The lowest BCUT2D eigenvalue weighted by Crippen LogP contribution is -2.15. The van der Waals surface area contributed by atoms with E-state index in [4.69, 9.17) is 4.74 Å². The third-order valence-corrected chi connectivity index (χ3v) is 5.78. The van der Waals surface area contributed by atoms with Gasteiger partial charge < -0.3 is 10.1 Å². The molecule has 0 fully saturated rings. The van der Waals surface area contributed by atoms with E-state index in [1.165, 1.54) is 33.1 Å². The second-order valence-corrected chi connectivity index (χ2v) is 8.33. The summed E-state index contributed by atoms with van der Waals surface area (Å²) in [5.74, 6) is -0.739. The molecule has 1 N–H and O–H groups in total. The second kappa shape index (κ2) is 7.98. The topological polar surface area (TPSA) is 89.8 Å². The van der Waals surface area contributed by atoms with Crippen molar-refractivity contribution in [1.82, 2.24) is 9.38 Å². The summed E-state index contributed by atoms with van der Waals surface area (Å²) in [7, 11) is 0. The molecule has 0 aliphatic carbocycles. The molecule has 0 atom stereocenters. The van der Waals surface area contributed by atoms with Crippen LogP contribution in [0.2, 0.25) is 0 Å². The molecular weight excluding hydrogens is 410 g/mol. The van der Waals surface area contributed by atoms with Crippen molar-refractivity contribution >= 4 is 45.2 Å². The average molecular weight is 425 g/mol. The van der Waals surface area contributed by atoms with Gasteiger partial charge in [0.25, 0.3) is 11.5 Å². The van der Waals surface area contributed by atoms with Crippen molar-refractivity contribution in [1.29, 1.82) is 0 Å². The number of hydrogen-bond acceptors (Lipinski definition) is 7. The highest BCUT2D eigenvalue weighted by Crippen LogP contribution is 2.16. The van der Waals surface area contributed by atoms with Gasteiger partial charge in [0.05, 0.1) is 16.1 Å². The monoisotopic (exact) mass is 425 g/mol. The standard InChI is InChI=1S/C20H15N3O4S2/c1-12-10-23-17(24)9-15(22-20(23)29-12)11-27-19(26)13-4-6-14(7-5-13)21-18(25)16-3-2-8-28-16/h2-10H,11H2,1H3,(H,21,25). The third kappa shape index (κ3) is 4.25. The van der Waals surface area contributed by atoms with Gasteiger partial charge in [-0.1, -0.05) is 6.07 Å². The highest BCUT2D eigenvalue weighted by molar-refractivity contribution is 7.16. The number of rotatable bonds is 5. The fraction of sp³-hybridized carbons (Fsp3) is 0.100. The van der Waals surface area contributed by atoms with Crippen LogP contribution in [0.3, 0.4) is 0 Å². The molecule has 146 valence electrons. The molecule has 29 heavy (non-hydrogen) atoms. The van der Waals surface area contributed by atoms with Gasteiger partial charge >= 0.3 is 5.97 Å². The van der Waals surface area contributed by atoms with E-state index in [1.54, 1.807) is 42.6 Å². The van der Waals surface area contributed by atoms with Crippen LogP contribution in [-0.2, 0) is 11.3 Å². The molecule has 0 saturated carbocycles. The van der Waals surface area contributed by atoms with Gasteiger partial charge in [-0.05, 0) is 42.6 Å². The molecule has 0 saturated heterocycles. The third-order valence-electron chi connectivity index (χ3n) is 4.01. The predicted molar refractivity (Wildman–Crippen MR) is 112 cm³/mol. The lowest BCUT2D eigenvalue weighted by Gasteiger charge is -2.07. The second-order valence-electron chi connectivity index (χ2n) is 6.17. The fourth-order valence-electron chi connectivity index (χ4n) is 2.65. The maximum absolute atomic E-state index is 12.3. The summed E-state index contributed by atoms with van der Waals surface area (Å²) < 4.78 is 6.74. The summed E-state index contributed by atoms with van der Waals surface area (Å²) in [6, 6.07) is 11.3. The van der Waals surface area contributed by atoms with Crippen LogP contribution in [0.4, 0.5) is 5.69 Å². The van der Waals surface area contributed by atoms with Gasteiger partial charge in [-0.3, -0.25) is 14.0 Å². The van der Waals surface area contributed by atoms with Crippen molar-refractivity contribution in [3.8, 4) is 0 Å². The van der Waals surface area contributed by atoms with Crippen LogP contribution >= 0.6 is 22.7 Å². The smallest absolute Gasteiger partial charge is 0.338 e. The van der Waals surface area contributed by atoms with Crippen LogP contribution in [0.1, 0.15) is 30.6 Å². The van der Waals surface area contributed by atoms with Crippen molar-refractivity contribution in [2.75, 3.05) is 5.32 Å². The zero-order chi connectivity index (χ0) is 20.4. The first-order chi connectivity index (χ1) is 14.0. The van der Waals surface area contributed by atoms with E-state index in [0.29, 0.717) is 26.8 Å². The Morgan fingerprint density at radius 2 is 2.00 bits per heavy atom. The van der Waals surface area contributed by atoms with E-state index in [-0.39, 0.29) is 18.1 Å². The Morgan fingerprint density at radius 1 is 1.21 bits per heavy atom. The first kappa shape index (κ1) is 19.0. The molecule has 4 rings (SSSR count). The Bertz CT molecular complexity index is 1240. The molecule has 0 bridgehead atoms. The number of thiophene rings is 1.